The molecule has 1 aliphatic carbocycles. The normalized spacial score (nSPS) is 36.2. The highest BCUT2D eigenvalue weighted by Crippen LogP contribution is 2.34. The maximum absolute atomic E-state index is 2.46. The van der Waals surface area contributed by atoms with Crippen LogP contribution in [-0.4, -0.2) is 0 Å². The zero-order valence-corrected chi connectivity index (χ0v) is 8.93. The molecule has 1 saturated carbocycles. The minimum absolute atomic E-state index is 0.876. The summed E-state index contributed by atoms with van der Waals surface area (Å²) >= 11 is 0. The molecule has 12 heavy (non-hydrogen) atoms. The predicted octanol–water partition coefficient (Wildman–Crippen LogP) is 4.02. The molecule has 1 fully saturated rings. The first-order valence-electron chi connectivity index (χ1n) is 5.24. The van der Waals surface area contributed by atoms with Crippen LogP contribution >= 0.6 is 0 Å². The molecule has 0 heteroatoms. The van der Waals surface area contributed by atoms with E-state index in [-0.39, 0.29) is 0 Å². The highest BCUT2D eigenvalue weighted by Gasteiger charge is 2.22. The Bertz CT molecular complexity index is 163. The van der Waals surface area contributed by atoms with E-state index >= 15 is 0 Å². The zero-order chi connectivity index (χ0) is 9.14. The third-order valence-corrected chi connectivity index (χ3v) is 3.21. The molecule has 0 radical (unpaired) electrons. The van der Waals surface area contributed by atoms with Crippen molar-refractivity contribution in [3.8, 4) is 0 Å². The van der Waals surface area contributed by atoms with Gasteiger partial charge in [0.05, 0.1) is 0 Å². The Balaban J connectivity index is 2.46. The second kappa shape index (κ2) is 4.11. The lowest BCUT2D eigenvalue weighted by molar-refractivity contribution is 0.236. The van der Waals surface area contributed by atoms with Gasteiger partial charge in [0.15, 0.2) is 0 Å². The first-order valence-corrected chi connectivity index (χ1v) is 5.24. The molecule has 0 spiro atoms. The number of rotatable bonds is 1. The van der Waals surface area contributed by atoms with Crippen LogP contribution in [-0.2, 0) is 0 Å². The third-order valence-electron chi connectivity index (χ3n) is 3.21. The van der Waals surface area contributed by atoms with Crippen molar-refractivity contribution in [1.29, 1.82) is 0 Å². The average Bonchev–Trinajstić information content (AvgIpc) is 1.96. The summed E-state index contributed by atoms with van der Waals surface area (Å²) < 4.78 is 0. The van der Waals surface area contributed by atoms with Gasteiger partial charge in [-0.05, 0) is 50.9 Å². The van der Waals surface area contributed by atoms with E-state index in [0.717, 1.165) is 17.8 Å². The molecule has 0 aromatic rings. The maximum atomic E-state index is 2.46. The van der Waals surface area contributed by atoms with Crippen molar-refractivity contribution in [2.75, 3.05) is 0 Å². The second-order valence-electron chi connectivity index (χ2n) is 4.77. The Labute approximate surface area is 77.1 Å². The van der Waals surface area contributed by atoms with E-state index in [1.807, 2.05) is 0 Å². The van der Waals surface area contributed by atoms with Crippen LogP contribution in [0.3, 0.4) is 0 Å². The third kappa shape index (κ3) is 2.66. The molecule has 0 heterocycles. The molecule has 0 amide bonds. The fourth-order valence-corrected chi connectivity index (χ4v) is 2.21. The fourth-order valence-electron chi connectivity index (χ4n) is 2.21. The van der Waals surface area contributed by atoms with Gasteiger partial charge in [-0.1, -0.05) is 25.5 Å². The van der Waals surface area contributed by atoms with Crippen LogP contribution in [0.4, 0.5) is 0 Å². The van der Waals surface area contributed by atoms with Crippen LogP contribution in [0.1, 0.15) is 47.0 Å². The van der Waals surface area contributed by atoms with Gasteiger partial charge < -0.3 is 0 Å². The Kier molecular flexibility index (Phi) is 3.37. The van der Waals surface area contributed by atoms with Crippen molar-refractivity contribution < 1.29 is 0 Å². The van der Waals surface area contributed by atoms with Gasteiger partial charge in [-0.3, -0.25) is 0 Å². The lowest BCUT2D eigenvalue weighted by Crippen LogP contribution is -2.19. The van der Waals surface area contributed by atoms with E-state index in [9.17, 15) is 0 Å². The molecule has 0 aromatic heterocycles. The van der Waals surface area contributed by atoms with E-state index < -0.39 is 0 Å². The maximum Gasteiger partial charge on any atom is -0.0228 e. The number of hydrogen-bond donors (Lipinski definition) is 0. The van der Waals surface area contributed by atoms with Crippen molar-refractivity contribution >= 4 is 0 Å². The molecule has 1 aliphatic rings. The summed E-state index contributed by atoms with van der Waals surface area (Å²) in [6.45, 7) is 9.21. The predicted molar refractivity (Wildman–Crippen MR) is 55.1 cm³/mol. The molecule has 0 nitrogen and oxygen atoms in total. The highest BCUT2D eigenvalue weighted by atomic mass is 14.3. The minimum Gasteiger partial charge on any atom is -0.0828 e. The summed E-state index contributed by atoms with van der Waals surface area (Å²) in [6.07, 6.45) is 6.71. The lowest BCUT2D eigenvalue weighted by Gasteiger charge is -2.30. The summed E-state index contributed by atoms with van der Waals surface area (Å²) in [6, 6.07) is 0. The number of hydrogen-bond acceptors (Lipinski definition) is 0. The molecule has 3 unspecified atom stereocenters. The molecule has 0 bridgehead atoms. The van der Waals surface area contributed by atoms with E-state index in [4.69, 9.17) is 0 Å². The molecule has 0 aliphatic heterocycles. The molecular weight excluding hydrogens is 144 g/mol. The van der Waals surface area contributed by atoms with E-state index in [2.05, 4.69) is 33.8 Å². The Morgan fingerprint density at radius 3 is 2.25 bits per heavy atom. The average molecular weight is 166 g/mol. The summed E-state index contributed by atoms with van der Waals surface area (Å²) in [4.78, 5) is 0. The first-order chi connectivity index (χ1) is 5.59. The zero-order valence-electron chi connectivity index (χ0n) is 8.93. The van der Waals surface area contributed by atoms with Crippen LogP contribution in [0.25, 0.3) is 0 Å². The largest absolute Gasteiger partial charge is 0.0828 e. The van der Waals surface area contributed by atoms with Crippen molar-refractivity contribution in [2.24, 2.45) is 17.8 Å². The van der Waals surface area contributed by atoms with Gasteiger partial charge in [-0.25, -0.2) is 0 Å². The Morgan fingerprint density at radius 2 is 1.75 bits per heavy atom. The van der Waals surface area contributed by atoms with Crippen LogP contribution in [0, 0.1) is 17.8 Å². The van der Waals surface area contributed by atoms with Crippen LogP contribution in [0.5, 0.6) is 0 Å². The van der Waals surface area contributed by atoms with Crippen LogP contribution < -0.4 is 0 Å². The van der Waals surface area contributed by atoms with Gasteiger partial charge in [0.1, 0.15) is 0 Å². The van der Waals surface area contributed by atoms with Gasteiger partial charge in [0.25, 0.3) is 0 Å². The topological polar surface area (TPSA) is 0 Å². The van der Waals surface area contributed by atoms with Crippen LogP contribution in [0.2, 0.25) is 0 Å². The molecular formula is C12H22. The van der Waals surface area contributed by atoms with E-state index in [1.165, 1.54) is 24.8 Å². The summed E-state index contributed by atoms with van der Waals surface area (Å²) in [5, 5.41) is 0. The van der Waals surface area contributed by atoms with Crippen LogP contribution in [0.15, 0.2) is 11.6 Å². The molecule has 0 aromatic carbocycles. The standard InChI is InChI=1S/C12H22/c1-9(2)7-12-6-5-10(3)11(4)8-12/h7,10-12H,5-6,8H2,1-4H3. The van der Waals surface area contributed by atoms with Gasteiger partial charge in [0, 0.05) is 0 Å². The SMILES string of the molecule is CC(C)=CC1CCC(C)C(C)C1. The molecule has 0 N–H and O–H groups in total. The van der Waals surface area contributed by atoms with E-state index in [1.54, 1.807) is 0 Å². The van der Waals surface area contributed by atoms with E-state index in [0.29, 0.717) is 0 Å². The van der Waals surface area contributed by atoms with Gasteiger partial charge in [0.2, 0.25) is 0 Å². The summed E-state index contributed by atoms with van der Waals surface area (Å²) in [5.41, 5.74) is 1.49. The fraction of sp³-hybridized carbons (Fsp3) is 0.833. The lowest BCUT2D eigenvalue weighted by atomic mass is 9.75. The molecule has 0 saturated heterocycles. The molecule has 3 atom stereocenters. The van der Waals surface area contributed by atoms with Crippen molar-refractivity contribution in [3.63, 3.8) is 0 Å². The van der Waals surface area contributed by atoms with Gasteiger partial charge in [-0.15, -0.1) is 0 Å². The first kappa shape index (κ1) is 9.83. The highest BCUT2D eigenvalue weighted by molar-refractivity contribution is 4.99. The quantitative estimate of drug-likeness (QED) is 0.516. The monoisotopic (exact) mass is 166 g/mol. The number of allylic oxidation sites excluding steroid dienone is 2. The van der Waals surface area contributed by atoms with Gasteiger partial charge >= 0.3 is 0 Å². The minimum atomic E-state index is 0.876. The molecule has 1 rings (SSSR count). The summed E-state index contributed by atoms with van der Waals surface area (Å²) in [5.74, 6) is 2.76. The Hall–Kier alpha value is -0.260. The molecule has 70 valence electrons. The smallest absolute Gasteiger partial charge is 0.0228 e. The van der Waals surface area contributed by atoms with Crippen molar-refractivity contribution in [2.45, 2.75) is 47.0 Å². The van der Waals surface area contributed by atoms with Crippen molar-refractivity contribution in [3.05, 3.63) is 11.6 Å². The summed E-state index contributed by atoms with van der Waals surface area (Å²) in [7, 11) is 0. The Morgan fingerprint density at radius 1 is 1.08 bits per heavy atom. The second-order valence-corrected chi connectivity index (χ2v) is 4.77. The van der Waals surface area contributed by atoms with Crippen molar-refractivity contribution in [1.82, 2.24) is 0 Å². The van der Waals surface area contributed by atoms with Gasteiger partial charge in [-0.2, -0.15) is 0 Å².